The molecule has 3 heterocycles. The fourth-order valence-electron chi connectivity index (χ4n) is 5.00. The summed E-state index contributed by atoms with van der Waals surface area (Å²) in [6.45, 7) is 5.82. The Bertz CT molecular complexity index is 1290. The lowest BCUT2D eigenvalue weighted by molar-refractivity contribution is 0.299. The molecule has 182 valence electrons. The number of aromatic amines is 1. The number of nitrogens with one attached hydrogen (secondary N) is 1. The van der Waals surface area contributed by atoms with Gasteiger partial charge >= 0.3 is 0 Å². The van der Waals surface area contributed by atoms with Gasteiger partial charge in [-0.15, -0.1) is 0 Å². The highest BCUT2D eigenvalue weighted by Crippen LogP contribution is 2.44. The Balaban J connectivity index is 1.48. The molecule has 35 heavy (non-hydrogen) atoms. The van der Waals surface area contributed by atoms with Crippen LogP contribution < -0.4 is 9.47 Å². The molecule has 0 aliphatic carbocycles. The summed E-state index contributed by atoms with van der Waals surface area (Å²) in [5.74, 6) is 1.65. The molecular formula is C29H33N3O2S. The van der Waals surface area contributed by atoms with Gasteiger partial charge in [0.05, 0.1) is 13.7 Å². The largest absolute Gasteiger partial charge is 0.493 e. The first-order valence-electron chi connectivity index (χ1n) is 12.5. The van der Waals surface area contributed by atoms with E-state index in [9.17, 15) is 0 Å². The van der Waals surface area contributed by atoms with Gasteiger partial charge in [0.2, 0.25) is 0 Å². The van der Waals surface area contributed by atoms with Crippen LogP contribution in [-0.4, -0.2) is 34.5 Å². The molecule has 1 aliphatic rings. The second kappa shape index (κ2) is 10.8. The summed E-state index contributed by atoms with van der Waals surface area (Å²) in [7, 11) is 1.72. The summed E-state index contributed by atoms with van der Waals surface area (Å²) >= 11 is 1.80. The Kier molecular flexibility index (Phi) is 7.30. The Labute approximate surface area is 212 Å². The molecule has 0 bridgehead atoms. The van der Waals surface area contributed by atoms with E-state index in [1.54, 1.807) is 19.1 Å². The van der Waals surface area contributed by atoms with Crippen molar-refractivity contribution in [2.24, 2.45) is 0 Å². The Morgan fingerprint density at radius 3 is 2.83 bits per heavy atom. The number of aryl methyl sites for hydroxylation is 2. The van der Waals surface area contributed by atoms with Crippen molar-refractivity contribution < 1.29 is 9.47 Å². The Hall–Kier alpha value is -2.96. The molecule has 0 saturated carbocycles. The van der Waals surface area contributed by atoms with Crippen molar-refractivity contribution >= 4 is 22.9 Å². The maximum atomic E-state index is 5.96. The van der Waals surface area contributed by atoms with Crippen LogP contribution in [0.4, 0.5) is 0 Å². The maximum Gasteiger partial charge on any atom is 0.161 e. The average molecular weight is 488 g/mol. The van der Waals surface area contributed by atoms with Gasteiger partial charge in [0.25, 0.3) is 0 Å². The zero-order valence-corrected chi connectivity index (χ0v) is 21.5. The van der Waals surface area contributed by atoms with E-state index in [0.29, 0.717) is 6.61 Å². The normalized spacial score (nSPS) is 15.8. The molecule has 0 radical (unpaired) electrons. The first kappa shape index (κ1) is 23.8. The first-order valence-corrected chi connectivity index (χ1v) is 13.2. The zero-order chi connectivity index (χ0) is 24.2. The van der Waals surface area contributed by atoms with Crippen LogP contribution in [0.1, 0.15) is 48.6 Å². The monoisotopic (exact) mass is 487 g/mol. The summed E-state index contributed by atoms with van der Waals surface area (Å²) in [5.41, 5.74) is 6.67. The number of aromatic nitrogens is 2. The van der Waals surface area contributed by atoms with Crippen molar-refractivity contribution in [2.45, 2.75) is 50.5 Å². The molecule has 5 nitrogen and oxygen atoms in total. The van der Waals surface area contributed by atoms with Crippen LogP contribution in [0, 0.1) is 0 Å². The van der Waals surface area contributed by atoms with E-state index in [1.807, 2.05) is 25.4 Å². The number of ether oxygens (including phenoxy) is 2. The molecule has 1 aliphatic heterocycles. The summed E-state index contributed by atoms with van der Waals surface area (Å²) in [4.78, 5) is 8.97. The van der Waals surface area contributed by atoms with Gasteiger partial charge in [-0.3, -0.25) is 4.98 Å². The van der Waals surface area contributed by atoms with Crippen molar-refractivity contribution in [2.75, 3.05) is 20.3 Å². The van der Waals surface area contributed by atoms with Crippen molar-refractivity contribution in [1.82, 2.24) is 14.3 Å². The number of nitrogens with zero attached hydrogens (tertiary/aromatic N) is 2. The van der Waals surface area contributed by atoms with E-state index in [2.05, 4.69) is 63.8 Å². The van der Waals surface area contributed by atoms with Gasteiger partial charge in [0.15, 0.2) is 11.5 Å². The molecule has 2 aromatic heterocycles. The van der Waals surface area contributed by atoms with E-state index < -0.39 is 0 Å². The molecule has 5 rings (SSSR count). The fraction of sp³-hybridized carbons (Fsp3) is 0.345. The highest BCUT2D eigenvalue weighted by molar-refractivity contribution is 7.97. The second-order valence-corrected chi connectivity index (χ2v) is 10.0. The van der Waals surface area contributed by atoms with Gasteiger partial charge in [-0.2, -0.15) is 0 Å². The van der Waals surface area contributed by atoms with Gasteiger partial charge in [-0.1, -0.05) is 13.0 Å². The molecule has 0 spiro atoms. The summed E-state index contributed by atoms with van der Waals surface area (Å²) in [6.07, 6.45) is 10.0. The number of hydrogen-bond acceptors (Lipinski definition) is 5. The molecule has 0 saturated heterocycles. The smallest absolute Gasteiger partial charge is 0.161 e. The first-order chi connectivity index (χ1) is 17.2. The number of pyridine rings is 1. The van der Waals surface area contributed by atoms with Crippen LogP contribution in [-0.2, 0) is 19.3 Å². The van der Waals surface area contributed by atoms with Gasteiger partial charge in [0, 0.05) is 47.0 Å². The van der Waals surface area contributed by atoms with Gasteiger partial charge in [-0.05, 0) is 103 Å². The lowest BCUT2D eigenvalue weighted by Gasteiger charge is -2.37. The highest BCUT2D eigenvalue weighted by Gasteiger charge is 2.30. The van der Waals surface area contributed by atoms with E-state index in [4.69, 9.17) is 9.47 Å². The molecule has 1 atom stereocenters. The number of hydrogen-bond donors (Lipinski definition) is 1. The van der Waals surface area contributed by atoms with Crippen molar-refractivity contribution in [3.05, 3.63) is 83.3 Å². The SMILES string of the molecule is CCOc1cc2c(cc1OC)CCN(Sc1cccnc1)C2CCc1c[nH]c2ccc(CC)cc12. The molecule has 1 unspecified atom stereocenters. The van der Waals surface area contributed by atoms with Crippen LogP contribution in [0.3, 0.4) is 0 Å². The minimum Gasteiger partial charge on any atom is -0.493 e. The van der Waals surface area contributed by atoms with Crippen molar-refractivity contribution in [3.8, 4) is 11.5 Å². The Morgan fingerprint density at radius 2 is 2.06 bits per heavy atom. The molecular weight excluding hydrogens is 454 g/mol. The lowest BCUT2D eigenvalue weighted by Crippen LogP contribution is -2.31. The Morgan fingerprint density at radius 1 is 1.14 bits per heavy atom. The number of benzene rings is 2. The third kappa shape index (κ3) is 5.04. The number of H-pyrrole nitrogens is 1. The summed E-state index contributed by atoms with van der Waals surface area (Å²) < 4.78 is 14.1. The number of rotatable bonds is 9. The lowest BCUT2D eigenvalue weighted by atomic mass is 9.90. The third-order valence-corrected chi connectivity index (χ3v) is 7.94. The zero-order valence-electron chi connectivity index (χ0n) is 20.7. The molecule has 6 heteroatoms. The highest BCUT2D eigenvalue weighted by atomic mass is 32.2. The van der Waals surface area contributed by atoms with Crippen LogP contribution in [0.2, 0.25) is 0 Å². The standard InChI is InChI=1S/C29H33N3O2S/c1-4-20-8-10-26-24(15-20)22(18-31-26)9-11-27-25-17-29(34-5-2)28(33-3)16-21(25)12-14-32(27)35-23-7-6-13-30-19-23/h6-8,10,13,15-19,27,31H,4-5,9,11-12,14H2,1-3H3. The van der Waals surface area contributed by atoms with Crippen LogP contribution in [0.25, 0.3) is 10.9 Å². The van der Waals surface area contributed by atoms with E-state index in [1.165, 1.54) is 38.1 Å². The average Bonchev–Trinajstić information content (AvgIpc) is 3.30. The van der Waals surface area contributed by atoms with Crippen LogP contribution in [0.5, 0.6) is 11.5 Å². The second-order valence-electron chi connectivity index (χ2n) is 8.91. The van der Waals surface area contributed by atoms with E-state index in [0.717, 1.165) is 43.7 Å². The number of methoxy groups -OCH3 is 1. The quantitative estimate of drug-likeness (QED) is 0.264. The topological polar surface area (TPSA) is 50.4 Å². The fourth-order valence-corrected chi connectivity index (χ4v) is 6.05. The maximum absolute atomic E-state index is 5.96. The predicted molar refractivity (Wildman–Crippen MR) is 143 cm³/mol. The molecule has 1 N–H and O–H groups in total. The van der Waals surface area contributed by atoms with Gasteiger partial charge in [0.1, 0.15) is 0 Å². The minimum absolute atomic E-state index is 0.258. The predicted octanol–water partition coefficient (Wildman–Crippen LogP) is 6.77. The van der Waals surface area contributed by atoms with Crippen LogP contribution in [0.15, 0.2) is 66.0 Å². The molecule has 0 amide bonds. The number of fused-ring (bicyclic) bond motifs is 2. The van der Waals surface area contributed by atoms with E-state index in [-0.39, 0.29) is 6.04 Å². The third-order valence-electron chi connectivity index (χ3n) is 6.82. The summed E-state index contributed by atoms with van der Waals surface area (Å²) in [6, 6.07) is 15.6. The van der Waals surface area contributed by atoms with E-state index >= 15 is 0 Å². The minimum atomic E-state index is 0.258. The van der Waals surface area contributed by atoms with Gasteiger partial charge in [-0.25, -0.2) is 4.31 Å². The van der Waals surface area contributed by atoms with Gasteiger partial charge < -0.3 is 14.5 Å². The molecule has 2 aromatic carbocycles. The molecule has 4 aromatic rings. The van der Waals surface area contributed by atoms with Crippen molar-refractivity contribution in [1.29, 1.82) is 0 Å². The van der Waals surface area contributed by atoms with Crippen LogP contribution >= 0.6 is 11.9 Å². The van der Waals surface area contributed by atoms with Crippen molar-refractivity contribution in [3.63, 3.8) is 0 Å². The molecule has 0 fully saturated rings. The summed E-state index contributed by atoms with van der Waals surface area (Å²) in [5, 5.41) is 1.34.